The molecule has 0 aliphatic heterocycles. The molecule has 0 saturated carbocycles. The lowest BCUT2D eigenvalue weighted by Gasteiger charge is -2.14. The fraction of sp³-hybridized carbons (Fsp3) is 0.462. The molecule has 0 aliphatic rings. The topological polar surface area (TPSA) is 57.5 Å². The summed E-state index contributed by atoms with van der Waals surface area (Å²) in [5, 5.41) is 18.4. The Hall–Kier alpha value is -1.51. The zero-order valence-electron chi connectivity index (χ0n) is 9.68. The third-order valence-electron chi connectivity index (χ3n) is 2.50. The van der Waals surface area contributed by atoms with Gasteiger partial charge in [-0.15, -0.1) is 0 Å². The summed E-state index contributed by atoms with van der Waals surface area (Å²) in [5.41, 5.74) is 0.869. The molecule has 0 radical (unpaired) electrons. The zero-order valence-corrected chi connectivity index (χ0v) is 9.68. The van der Waals surface area contributed by atoms with Crippen LogP contribution in [0.1, 0.15) is 25.8 Å². The van der Waals surface area contributed by atoms with Gasteiger partial charge in [-0.1, -0.05) is 26.0 Å². The molecule has 0 amide bonds. The molecular formula is C13H18O3. The van der Waals surface area contributed by atoms with E-state index in [1.165, 1.54) is 0 Å². The van der Waals surface area contributed by atoms with Crippen LogP contribution < -0.4 is 0 Å². The second kappa shape index (κ2) is 5.54. The number of hydrogen-bond donors (Lipinski definition) is 2. The van der Waals surface area contributed by atoms with E-state index in [0.29, 0.717) is 18.8 Å². The Balaban J connectivity index is 2.71. The molecule has 1 atom stereocenters. The average Bonchev–Trinajstić information content (AvgIpc) is 2.15. The molecule has 0 fully saturated rings. The first-order valence-corrected chi connectivity index (χ1v) is 5.49. The number of aliphatic carboxylic acids is 1. The van der Waals surface area contributed by atoms with Crippen molar-refractivity contribution >= 4 is 5.97 Å². The maximum atomic E-state index is 11.1. The van der Waals surface area contributed by atoms with Crippen LogP contribution in [0.4, 0.5) is 0 Å². The Morgan fingerprint density at radius 1 is 1.38 bits per heavy atom. The van der Waals surface area contributed by atoms with Gasteiger partial charge in [-0.25, -0.2) is 0 Å². The lowest BCUT2D eigenvalue weighted by atomic mass is 9.91. The van der Waals surface area contributed by atoms with E-state index in [4.69, 9.17) is 5.11 Å². The van der Waals surface area contributed by atoms with Gasteiger partial charge in [0.2, 0.25) is 0 Å². The molecule has 2 N–H and O–H groups in total. The number of rotatable bonds is 5. The number of phenols is 1. The molecule has 0 saturated heterocycles. The predicted octanol–water partition coefficient (Wildman–Crippen LogP) is 2.68. The minimum atomic E-state index is -0.767. The first-order valence-electron chi connectivity index (χ1n) is 5.49. The number of carboxylic acids is 1. The van der Waals surface area contributed by atoms with Crippen LogP contribution >= 0.6 is 0 Å². The molecule has 1 aromatic rings. The second-order valence-electron chi connectivity index (χ2n) is 4.54. The first kappa shape index (κ1) is 12.6. The van der Waals surface area contributed by atoms with Gasteiger partial charge >= 0.3 is 5.97 Å². The van der Waals surface area contributed by atoms with Crippen molar-refractivity contribution in [3.63, 3.8) is 0 Å². The fourth-order valence-electron chi connectivity index (χ4n) is 1.81. The zero-order chi connectivity index (χ0) is 12.1. The van der Waals surface area contributed by atoms with Gasteiger partial charge < -0.3 is 10.2 Å². The minimum absolute atomic E-state index is 0.186. The smallest absolute Gasteiger partial charge is 0.306 e. The van der Waals surface area contributed by atoms with E-state index in [9.17, 15) is 9.90 Å². The Morgan fingerprint density at radius 3 is 2.56 bits per heavy atom. The summed E-state index contributed by atoms with van der Waals surface area (Å²) in [7, 11) is 0. The molecule has 1 unspecified atom stereocenters. The summed E-state index contributed by atoms with van der Waals surface area (Å²) in [6, 6.07) is 6.78. The number of carboxylic acid groups (broad SMARTS) is 1. The second-order valence-corrected chi connectivity index (χ2v) is 4.54. The molecule has 3 heteroatoms. The van der Waals surface area contributed by atoms with E-state index >= 15 is 0 Å². The van der Waals surface area contributed by atoms with E-state index in [2.05, 4.69) is 0 Å². The molecule has 0 spiro atoms. The van der Waals surface area contributed by atoms with E-state index < -0.39 is 5.97 Å². The summed E-state index contributed by atoms with van der Waals surface area (Å²) >= 11 is 0. The third-order valence-corrected chi connectivity index (χ3v) is 2.50. The van der Waals surface area contributed by atoms with Gasteiger partial charge in [0.1, 0.15) is 5.75 Å². The van der Waals surface area contributed by atoms with Crippen LogP contribution in [0.5, 0.6) is 5.75 Å². The summed E-state index contributed by atoms with van der Waals surface area (Å²) in [4.78, 5) is 11.1. The SMILES string of the molecule is CC(C)CC(Cc1cccc(O)c1)C(=O)O. The van der Waals surface area contributed by atoms with Gasteiger partial charge in [0.25, 0.3) is 0 Å². The standard InChI is InChI=1S/C13H18O3/c1-9(2)6-11(13(15)16)7-10-4-3-5-12(14)8-10/h3-5,8-9,11,14H,6-7H2,1-2H3,(H,15,16). The van der Waals surface area contributed by atoms with E-state index in [-0.39, 0.29) is 11.7 Å². The molecular weight excluding hydrogens is 204 g/mol. The van der Waals surface area contributed by atoms with Crippen LogP contribution in [0.25, 0.3) is 0 Å². The molecule has 1 aromatic carbocycles. The molecule has 88 valence electrons. The van der Waals surface area contributed by atoms with E-state index in [0.717, 1.165) is 5.56 Å². The van der Waals surface area contributed by atoms with E-state index in [1.54, 1.807) is 18.2 Å². The van der Waals surface area contributed by atoms with Gasteiger partial charge in [0, 0.05) is 0 Å². The van der Waals surface area contributed by atoms with Crippen LogP contribution in [-0.4, -0.2) is 16.2 Å². The fourth-order valence-corrected chi connectivity index (χ4v) is 1.81. The minimum Gasteiger partial charge on any atom is -0.508 e. The van der Waals surface area contributed by atoms with Gasteiger partial charge in [0.05, 0.1) is 5.92 Å². The van der Waals surface area contributed by atoms with Crippen LogP contribution in [0.15, 0.2) is 24.3 Å². The number of phenolic OH excluding ortho intramolecular Hbond substituents is 1. The lowest BCUT2D eigenvalue weighted by molar-refractivity contribution is -0.142. The number of aromatic hydroxyl groups is 1. The van der Waals surface area contributed by atoms with Crippen molar-refractivity contribution in [1.29, 1.82) is 0 Å². The van der Waals surface area contributed by atoms with Crippen molar-refractivity contribution in [2.45, 2.75) is 26.7 Å². The Morgan fingerprint density at radius 2 is 2.06 bits per heavy atom. The third kappa shape index (κ3) is 3.93. The normalized spacial score (nSPS) is 12.7. The highest BCUT2D eigenvalue weighted by Gasteiger charge is 2.19. The molecule has 0 aromatic heterocycles. The Bertz CT molecular complexity index is 358. The molecule has 0 aliphatic carbocycles. The maximum Gasteiger partial charge on any atom is 0.306 e. The summed E-state index contributed by atoms with van der Waals surface area (Å²) in [6.45, 7) is 4.02. The van der Waals surface area contributed by atoms with Crippen molar-refractivity contribution < 1.29 is 15.0 Å². The van der Waals surface area contributed by atoms with Gasteiger partial charge in [-0.3, -0.25) is 4.79 Å². The van der Waals surface area contributed by atoms with Crippen molar-refractivity contribution in [1.82, 2.24) is 0 Å². The van der Waals surface area contributed by atoms with Gasteiger partial charge in [0.15, 0.2) is 0 Å². The van der Waals surface area contributed by atoms with Crippen molar-refractivity contribution in [2.75, 3.05) is 0 Å². The molecule has 16 heavy (non-hydrogen) atoms. The van der Waals surface area contributed by atoms with Crippen LogP contribution in [0.2, 0.25) is 0 Å². The lowest BCUT2D eigenvalue weighted by Crippen LogP contribution is -2.18. The molecule has 3 nitrogen and oxygen atoms in total. The highest BCUT2D eigenvalue weighted by atomic mass is 16.4. The number of benzene rings is 1. The first-order chi connectivity index (χ1) is 7.49. The van der Waals surface area contributed by atoms with E-state index in [1.807, 2.05) is 19.9 Å². The Kier molecular flexibility index (Phi) is 4.35. The van der Waals surface area contributed by atoms with Crippen LogP contribution in [0.3, 0.4) is 0 Å². The van der Waals surface area contributed by atoms with Crippen molar-refractivity contribution in [3.05, 3.63) is 29.8 Å². The van der Waals surface area contributed by atoms with Gasteiger partial charge in [-0.05, 0) is 36.5 Å². The molecule has 0 heterocycles. The van der Waals surface area contributed by atoms with Crippen LogP contribution in [-0.2, 0) is 11.2 Å². The predicted molar refractivity (Wildman–Crippen MR) is 62.4 cm³/mol. The highest BCUT2D eigenvalue weighted by Crippen LogP contribution is 2.20. The summed E-state index contributed by atoms with van der Waals surface area (Å²) in [6.07, 6.45) is 1.13. The average molecular weight is 222 g/mol. The summed E-state index contributed by atoms with van der Waals surface area (Å²) < 4.78 is 0. The maximum absolute atomic E-state index is 11.1. The summed E-state index contributed by atoms with van der Waals surface area (Å²) in [5.74, 6) is -0.594. The quantitative estimate of drug-likeness (QED) is 0.805. The van der Waals surface area contributed by atoms with Crippen molar-refractivity contribution in [3.8, 4) is 5.75 Å². The van der Waals surface area contributed by atoms with Crippen LogP contribution in [0, 0.1) is 11.8 Å². The molecule has 1 rings (SSSR count). The van der Waals surface area contributed by atoms with Crippen molar-refractivity contribution in [2.24, 2.45) is 11.8 Å². The molecule has 0 bridgehead atoms. The highest BCUT2D eigenvalue weighted by molar-refractivity contribution is 5.70. The Labute approximate surface area is 95.7 Å². The largest absolute Gasteiger partial charge is 0.508 e. The van der Waals surface area contributed by atoms with Gasteiger partial charge in [-0.2, -0.15) is 0 Å². The monoisotopic (exact) mass is 222 g/mol. The number of carbonyl (C=O) groups is 1. The number of hydrogen-bond acceptors (Lipinski definition) is 2.